The molecule has 0 aliphatic carbocycles. The van der Waals surface area contributed by atoms with Crippen molar-refractivity contribution in [3.05, 3.63) is 32.4 Å². The van der Waals surface area contributed by atoms with Gasteiger partial charge in [-0.05, 0) is 34.2 Å². The van der Waals surface area contributed by atoms with E-state index >= 15 is 0 Å². The summed E-state index contributed by atoms with van der Waals surface area (Å²) < 4.78 is 0.963. The van der Waals surface area contributed by atoms with Crippen LogP contribution in [0, 0.1) is 14.9 Å². The fourth-order valence-electron chi connectivity index (χ4n) is 1.02. The van der Waals surface area contributed by atoms with Crippen LogP contribution in [0.15, 0.2) is 18.2 Å². The van der Waals surface area contributed by atoms with E-state index in [0.717, 1.165) is 9.13 Å². The SMILES string of the molecule is N#CCC(N)c1cccc(I)c1Cl. The quantitative estimate of drug-likeness (QED) is 0.854. The molecule has 1 aromatic rings. The molecule has 13 heavy (non-hydrogen) atoms. The molecular formula is C9H8ClIN2. The number of nitrogens with two attached hydrogens (primary N) is 1. The van der Waals surface area contributed by atoms with Gasteiger partial charge in [0.05, 0.1) is 17.5 Å². The number of hydrogen-bond acceptors (Lipinski definition) is 2. The summed E-state index contributed by atoms with van der Waals surface area (Å²) in [6, 6.07) is 7.39. The molecule has 0 aromatic heterocycles. The van der Waals surface area contributed by atoms with Crippen LogP contribution >= 0.6 is 34.2 Å². The van der Waals surface area contributed by atoms with E-state index in [1.54, 1.807) is 0 Å². The average Bonchev–Trinajstić information content (AvgIpc) is 2.10. The highest BCUT2D eigenvalue weighted by Crippen LogP contribution is 2.27. The number of nitrogens with zero attached hydrogens (tertiary/aromatic N) is 1. The summed E-state index contributed by atoms with van der Waals surface area (Å²) in [6.07, 6.45) is 0.291. The van der Waals surface area contributed by atoms with Gasteiger partial charge >= 0.3 is 0 Å². The van der Waals surface area contributed by atoms with Gasteiger partial charge in [-0.3, -0.25) is 0 Å². The Kier molecular flexibility index (Phi) is 3.97. The van der Waals surface area contributed by atoms with Crippen LogP contribution in [-0.2, 0) is 0 Å². The van der Waals surface area contributed by atoms with Gasteiger partial charge in [0.25, 0.3) is 0 Å². The fourth-order valence-corrected chi connectivity index (χ4v) is 1.80. The van der Waals surface area contributed by atoms with E-state index < -0.39 is 0 Å². The predicted molar refractivity (Wildman–Crippen MR) is 61.3 cm³/mol. The standard InChI is InChI=1S/C9H8ClIN2/c10-9-6(8(13)4-5-12)2-1-3-7(9)11/h1-3,8H,4,13H2. The second kappa shape index (κ2) is 4.80. The lowest BCUT2D eigenvalue weighted by atomic mass is 10.1. The maximum atomic E-state index is 8.48. The molecule has 0 spiro atoms. The van der Waals surface area contributed by atoms with Crippen molar-refractivity contribution < 1.29 is 0 Å². The number of nitriles is 1. The predicted octanol–water partition coefficient (Wildman–Crippen LogP) is 2.86. The number of benzene rings is 1. The summed E-state index contributed by atoms with van der Waals surface area (Å²) in [5.74, 6) is 0. The Balaban J connectivity index is 3.02. The molecule has 0 aliphatic heterocycles. The molecule has 4 heteroatoms. The van der Waals surface area contributed by atoms with Crippen molar-refractivity contribution in [3.63, 3.8) is 0 Å². The highest BCUT2D eigenvalue weighted by molar-refractivity contribution is 14.1. The molecule has 2 nitrogen and oxygen atoms in total. The summed E-state index contributed by atoms with van der Waals surface area (Å²) in [5, 5.41) is 9.14. The molecule has 0 amide bonds. The monoisotopic (exact) mass is 306 g/mol. The molecule has 0 heterocycles. The molecular weight excluding hydrogens is 298 g/mol. The minimum atomic E-state index is -0.285. The maximum Gasteiger partial charge on any atom is 0.0641 e. The van der Waals surface area contributed by atoms with Crippen LogP contribution in [0.2, 0.25) is 5.02 Å². The molecule has 68 valence electrons. The van der Waals surface area contributed by atoms with Crippen molar-refractivity contribution in [2.45, 2.75) is 12.5 Å². The Morgan fingerprint density at radius 1 is 1.62 bits per heavy atom. The average molecular weight is 307 g/mol. The molecule has 0 fully saturated rings. The van der Waals surface area contributed by atoms with E-state index in [0.29, 0.717) is 11.4 Å². The van der Waals surface area contributed by atoms with Gasteiger partial charge in [0.15, 0.2) is 0 Å². The second-order valence-electron chi connectivity index (χ2n) is 2.61. The zero-order valence-corrected chi connectivity index (χ0v) is 9.71. The van der Waals surface area contributed by atoms with Gasteiger partial charge < -0.3 is 5.73 Å². The van der Waals surface area contributed by atoms with Crippen molar-refractivity contribution in [2.75, 3.05) is 0 Å². The molecule has 1 aromatic carbocycles. The Morgan fingerprint density at radius 2 is 2.31 bits per heavy atom. The topological polar surface area (TPSA) is 49.8 Å². The molecule has 1 rings (SSSR count). The minimum Gasteiger partial charge on any atom is -0.323 e. The molecule has 0 saturated heterocycles. The maximum absolute atomic E-state index is 8.48. The van der Waals surface area contributed by atoms with Crippen LogP contribution in [0.1, 0.15) is 18.0 Å². The van der Waals surface area contributed by atoms with E-state index in [-0.39, 0.29) is 6.04 Å². The van der Waals surface area contributed by atoms with E-state index in [1.165, 1.54) is 0 Å². The lowest BCUT2D eigenvalue weighted by molar-refractivity contribution is 0.748. The number of rotatable bonds is 2. The van der Waals surface area contributed by atoms with E-state index in [4.69, 9.17) is 22.6 Å². The fraction of sp³-hybridized carbons (Fsp3) is 0.222. The Labute approximate surface area is 95.8 Å². The van der Waals surface area contributed by atoms with E-state index in [9.17, 15) is 0 Å². The third-order valence-electron chi connectivity index (χ3n) is 1.69. The molecule has 0 radical (unpaired) electrons. The van der Waals surface area contributed by atoms with Gasteiger partial charge in [-0.25, -0.2) is 0 Å². The Morgan fingerprint density at radius 3 is 2.92 bits per heavy atom. The van der Waals surface area contributed by atoms with E-state index in [1.807, 2.05) is 24.3 Å². The summed E-state index contributed by atoms with van der Waals surface area (Å²) in [4.78, 5) is 0. The van der Waals surface area contributed by atoms with Crippen LogP contribution in [0.25, 0.3) is 0 Å². The van der Waals surface area contributed by atoms with Gasteiger partial charge in [0.1, 0.15) is 0 Å². The summed E-state index contributed by atoms with van der Waals surface area (Å²) in [5.41, 5.74) is 6.61. The number of halogens is 2. The van der Waals surface area contributed by atoms with E-state index in [2.05, 4.69) is 22.6 Å². The summed E-state index contributed by atoms with van der Waals surface area (Å²) in [6.45, 7) is 0. The zero-order chi connectivity index (χ0) is 9.84. The Bertz CT molecular complexity index is 346. The van der Waals surface area contributed by atoms with Crippen LogP contribution < -0.4 is 5.73 Å². The van der Waals surface area contributed by atoms with Crippen molar-refractivity contribution in [1.82, 2.24) is 0 Å². The van der Waals surface area contributed by atoms with Crippen LogP contribution in [0.4, 0.5) is 0 Å². The molecule has 0 aliphatic rings. The van der Waals surface area contributed by atoms with Crippen LogP contribution in [0.5, 0.6) is 0 Å². The van der Waals surface area contributed by atoms with Crippen molar-refractivity contribution in [2.24, 2.45) is 5.73 Å². The zero-order valence-electron chi connectivity index (χ0n) is 6.80. The Hall–Kier alpha value is -0.310. The molecule has 2 N–H and O–H groups in total. The molecule has 1 atom stereocenters. The first-order valence-electron chi connectivity index (χ1n) is 3.73. The minimum absolute atomic E-state index is 0.285. The van der Waals surface area contributed by atoms with Gasteiger partial charge in [0, 0.05) is 9.61 Å². The summed E-state index contributed by atoms with van der Waals surface area (Å²) >= 11 is 8.17. The largest absolute Gasteiger partial charge is 0.323 e. The lowest BCUT2D eigenvalue weighted by Crippen LogP contribution is -2.10. The van der Waals surface area contributed by atoms with Crippen LogP contribution in [0.3, 0.4) is 0 Å². The third-order valence-corrected chi connectivity index (χ3v) is 3.33. The highest BCUT2D eigenvalue weighted by atomic mass is 127. The summed E-state index contributed by atoms with van der Waals surface area (Å²) in [7, 11) is 0. The van der Waals surface area contributed by atoms with Gasteiger partial charge in [-0.15, -0.1) is 0 Å². The third kappa shape index (κ3) is 2.56. The highest BCUT2D eigenvalue weighted by Gasteiger charge is 2.10. The smallest absolute Gasteiger partial charge is 0.0641 e. The van der Waals surface area contributed by atoms with Crippen molar-refractivity contribution >= 4 is 34.2 Å². The van der Waals surface area contributed by atoms with Gasteiger partial charge in [0.2, 0.25) is 0 Å². The molecule has 0 bridgehead atoms. The lowest BCUT2D eigenvalue weighted by Gasteiger charge is -2.10. The van der Waals surface area contributed by atoms with Crippen molar-refractivity contribution in [1.29, 1.82) is 5.26 Å². The van der Waals surface area contributed by atoms with Crippen molar-refractivity contribution in [3.8, 4) is 6.07 Å². The van der Waals surface area contributed by atoms with Gasteiger partial charge in [-0.2, -0.15) is 5.26 Å². The second-order valence-corrected chi connectivity index (χ2v) is 4.15. The van der Waals surface area contributed by atoms with Crippen LogP contribution in [-0.4, -0.2) is 0 Å². The first kappa shape index (κ1) is 10.8. The first-order chi connectivity index (χ1) is 6.16. The normalized spacial score (nSPS) is 12.2. The molecule has 1 unspecified atom stereocenters. The van der Waals surface area contributed by atoms with Gasteiger partial charge in [-0.1, -0.05) is 23.7 Å². The number of hydrogen-bond donors (Lipinski definition) is 1. The molecule has 0 saturated carbocycles. The first-order valence-corrected chi connectivity index (χ1v) is 5.19.